The second-order valence-corrected chi connectivity index (χ2v) is 9.44. The van der Waals surface area contributed by atoms with Gasteiger partial charge in [-0.25, -0.2) is 4.98 Å². The summed E-state index contributed by atoms with van der Waals surface area (Å²) in [6.07, 6.45) is 6.48. The summed E-state index contributed by atoms with van der Waals surface area (Å²) in [5.41, 5.74) is 2.31. The maximum Gasteiger partial charge on any atom is 0.250 e. The van der Waals surface area contributed by atoms with Crippen LogP contribution in [0.3, 0.4) is 0 Å². The number of rotatable bonds is 6. The first-order valence-electron chi connectivity index (χ1n) is 10.1. The highest BCUT2D eigenvalue weighted by Gasteiger charge is 2.30. The summed E-state index contributed by atoms with van der Waals surface area (Å²) in [7, 11) is 1.60. The van der Waals surface area contributed by atoms with E-state index in [2.05, 4.69) is 31.1 Å². The summed E-state index contributed by atoms with van der Waals surface area (Å²) in [6.45, 7) is 9.40. The summed E-state index contributed by atoms with van der Waals surface area (Å²) >= 11 is 1.61. The third-order valence-corrected chi connectivity index (χ3v) is 6.34. The Hall–Kier alpha value is -2.34. The fourth-order valence-electron chi connectivity index (χ4n) is 3.55. The molecule has 1 atom stereocenters. The smallest absolute Gasteiger partial charge is 0.250 e. The van der Waals surface area contributed by atoms with E-state index in [1.54, 1.807) is 24.5 Å². The van der Waals surface area contributed by atoms with Gasteiger partial charge in [0.2, 0.25) is 5.91 Å². The molecule has 1 N–H and O–H groups in total. The maximum absolute atomic E-state index is 12.4. The molecule has 0 saturated carbocycles. The van der Waals surface area contributed by atoms with Gasteiger partial charge >= 0.3 is 0 Å². The number of aryl methyl sites for hydroxylation is 1. The van der Waals surface area contributed by atoms with Crippen LogP contribution in [0, 0.1) is 11.3 Å². The van der Waals surface area contributed by atoms with Crippen molar-refractivity contribution in [1.29, 1.82) is 0 Å². The lowest BCUT2D eigenvalue weighted by molar-refractivity contribution is -0.111. The van der Waals surface area contributed by atoms with E-state index in [9.17, 15) is 4.79 Å². The predicted molar refractivity (Wildman–Crippen MR) is 119 cm³/mol. The van der Waals surface area contributed by atoms with Crippen LogP contribution in [0.15, 0.2) is 24.3 Å². The van der Waals surface area contributed by atoms with Gasteiger partial charge in [-0.1, -0.05) is 26.8 Å². The van der Waals surface area contributed by atoms with E-state index in [1.807, 2.05) is 25.1 Å². The first kappa shape index (κ1) is 21.4. The van der Waals surface area contributed by atoms with E-state index in [4.69, 9.17) is 9.47 Å². The number of nitrogens with one attached hydrogen (secondary N) is 1. The van der Waals surface area contributed by atoms with Crippen LogP contribution < -0.4 is 14.8 Å². The highest BCUT2D eigenvalue weighted by molar-refractivity contribution is 7.15. The molecule has 1 aliphatic carbocycles. The Bertz CT molecular complexity index is 896. The van der Waals surface area contributed by atoms with Crippen molar-refractivity contribution in [3.8, 4) is 11.5 Å². The molecule has 2 aromatic rings. The average molecular weight is 415 g/mol. The summed E-state index contributed by atoms with van der Waals surface area (Å²) < 4.78 is 10.9. The molecule has 0 spiro atoms. The van der Waals surface area contributed by atoms with Crippen molar-refractivity contribution in [3.63, 3.8) is 0 Å². The van der Waals surface area contributed by atoms with Gasteiger partial charge in [0.1, 0.15) is 0 Å². The predicted octanol–water partition coefficient (Wildman–Crippen LogP) is 5.35. The molecule has 0 bridgehead atoms. The molecule has 1 unspecified atom stereocenters. The summed E-state index contributed by atoms with van der Waals surface area (Å²) in [6, 6.07) is 5.59. The number of carbonyl (C=O) groups excluding carboxylic acids is 1. The number of nitrogens with zero attached hydrogens (tertiary/aromatic N) is 1. The van der Waals surface area contributed by atoms with Gasteiger partial charge in [-0.3, -0.25) is 10.1 Å². The van der Waals surface area contributed by atoms with Crippen molar-refractivity contribution < 1.29 is 14.3 Å². The Kier molecular flexibility index (Phi) is 6.63. The Morgan fingerprint density at radius 2 is 2.14 bits per heavy atom. The molecule has 156 valence electrons. The molecule has 6 heteroatoms. The molecule has 1 amide bonds. The second-order valence-electron chi connectivity index (χ2n) is 8.36. The van der Waals surface area contributed by atoms with Crippen LogP contribution in [0.2, 0.25) is 0 Å². The highest BCUT2D eigenvalue weighted by Crippen LogP contribution is 2.40. The Morgan fingerprint density at radius 1 is 1.34 bits per heavy atom. The number of hydrogen-bond acceptors (Lipinski definition) is 5. The van der Waals surface area contributed by atoms with E-state index in [1.165, 1.54) is 11.0 Å². The van der Waals surface area contributed by atoms with Crippen LogP contribution in [0.25, 0.3) is 6.08 Å². The first-order chi connectivity index (χ1) is 13.8. The lowest BCUT2D eigenvalue weighted by Crippen LogP contribution is -2.26. The van der Waals surface area contributed by atoms with Gasteiger partial charge in [0.15, 0.2) is 16.6 Å². The molecule has 0 aliphatic heterocycles. The van der Waals surface area contributed by atoms with Crippen LogP contribution in [0.4, 0.5) is 5.13 Å². The average Bonchev–Trinajstić information content (AvgIpc) is 3.08. The SMILES string of the molecule is CCOc1ccc(/C=C/C(=O)Nc2nc3c(s2)CC(C(C)(C)C)CC3)cc1OC. The topological polar surface area (TPSA) is 60.5 Å². The normalized spacial score (nSPS) is 16.5. The Labute approximate surface area is 177 Å². The second kappa shape index (κ2) is 8.99. The fraction of sp³-hybridized carbons (Fsp3) is 0.478. The van der Waals surface area contributed by atoms with Gasteiger partial charge in [0, 0.05) is 11.0 Å². The van der Waals surface area contributed by atoms with Crippen LogP contribution in [-0.4, -0.2) is 24.6 Å². The number of anilines is 1. The third kappa shape index (κ3) is 5.38. The molecular weight excluding hydrogens is 384 g/mol. The van der Waals surface area contributed by atoms with E-state index in [0.717, 1.165) is 30.5 Å². The standard InChI is InChI=1S/C23H30N2O3S/c1-6-28-18-11-7-15(13-19(18)27-5)8-12-21(26)25-22-24-17-10-9-16(23(2,3)4)14-20(17)29-22/h7-8,11-13,16H,6,9-10,14H2,1-5H3,(H,24,25,26)/b12-8+. The number of hydrogen-bond donors (Lipinski definition) is 1. The van der Waals surface area contributed by atoms with Crippen LogP contribution in [0.1, 0.15) is 50.3 Å². The van der Waals surface area contributed by atoms with Crippen molar-refractivity contribution in [2.24, 2.45) is 11.3 Å². The van der Waals surface area contributed by atoms with E-state index in [-0.39, 0.29) is 5.91 Å². The minimum Gasteiger partial charge on any atom is -0.493 e. The zero-order valence-corrected chi connectivity index (χ0v) is 18.7. The van der Waals surface area contributed by atoms with Crippen molar-refractivity contribution in [3.05, 3.63) is 40.4 Å². The van der Waals surface area contributed by atoms with Crippen LogP contribution in [0.5, 0.6) is 11.5 Å². The minimum atomic E-state index is -0.184. The number of fused-ring (bicyclic) bond motifs is 1. The van der Waals surface area contributed by atoms with Crippen molar-refractivity contribution >= 4 is 28.5 Å². The highest BCUT2D eigenvalue weighted by atomic mass is 32.1. The molecule has 5 nitrogen and oxygen atoms in total. The number of thiazole rings is 1. The molecule has 1 heterocycles. The van der Waals surface area contributed by atoms with Gasteiger partial charge in [-0.2, -0.15) is 0 Å². The number of amides is 1. The van der Waals surface area contributed by atoms with Gasteiger partial charge in [0.05, 0.1) is 19.4 Å². The molecule has 0 saturated heterocycles. The van der Waals surface area contributed by atoms with Gasteiger partial charge < -0.3 is 9.47 Å². The van der Waals surface area contributed by atoms with Crippen molar-refractivity contribution in [2.45, 2.75) is 47.0 Å². The third-order valence-electron chi connectivity index (χ3n) is 5.31. The van der Waals surface area contributed by atoms with Crippen molar-refractivity contribution in [1.82, 2.24) is 4.98 Å². The maximum atomic E-state index is 12.4. The Morgan fingerprint density at radius 3 is 2.83 bits per heavy atom. The number of ether oxygens (including phenoxy) is 2. The number of benzene rings is 1. The summed E-state index contributed by atoms with van der Waals surface area (Å²) in [4.78, 5) is 18.3. The monoisotopic (exact) mass is 414 g/mol. The largest absolute Gasteiger partial charge is 0.493 e. The number of aromatic nitrogens is 1. The number of methoxy groups -OCH3 is 1. The lowest BCUT2D eigenvalue weighted by atomic mass is 9.73. The molecule has 1 aromatic heterocycles. The lowest BCUT2D eigenvalue weighted by Gasteiger charge is -2.33. The molecule has 29 heavy (non-hydrogen) atoms. The fourth-order valence-corrected chi connectivity index (χ4v) is 4.64. The van der Waals surface area contributed by atoms with E-state index >= 15 is 0 Å². The minimum absolute atomic E-state index is 0.184. The number of carbonyl (C=O) groups is 1. The van der Waals surface area contributed by atoms with Crippen molar-refractivity contribution in [2.75, 3.05) is 19.0 Å². The van der Waals surface area contributed by atoms with E-state index < -0.39 is 0 Å². The quantitative estimate of drug-likeness (QED) is 0.647. The molecular formula is C23H30N2O3S. The summed E-state index contributed by atoms with van der Waals surface area (Å²) in [5, 5.41) is 3.59. The molecule has 1 aromatic carbocycles. The van der Waals surface area contributed by atoms with Crippen LogP contribution >= 0.6 is 11.3 Å². The zero-order valence-electron chi connectivity index (χ0n) is 17.9. The Balaban J connectivity index is 1.64. The van der Waals surface area contributed by atoms with Gasteiger partial charge in [-0.05, 0) is 61.3 Å². The summed E-state index contributed by atoms with van der Waals surface area (Å²) in [5.74, 6) is 1.82. The molecule has 0 radical (unpaired) electrons. The molecule has 1 aliphatic rings. The van der Waals surface area contributed by atoms with Gasteiger partial charge in [-0.15, -0.1) is 11.3 Å². The molecule has 0 fully saturated rings. The van der Waals surface area contributed by atoms with Crippen LogP contribution in [-0.2, 0) is 17.6 Å². The van der Waals surface area contributed by atoms with E-state index in [0.29, 0.717) is 34.6 Å². The molecule has 3 rings (SSSR count). The zero-order chi connectivity index (χ0) is 21.0. The first-order valence-corrected chi connectivity index (χ1v) is 10.9. The van der Waals surface area contributed by atoms with Gasteiger partial charge in [0.25, 0.3) is 0 Å².